The molecule has 0 aromatic carbocycles. The van der Waals surface area contributed by atoms with Crippen molar-refractivity contribution in [3.05, 3.63) is 54.7 Å². The Labute approximate surface area is 113 Å². The summed E-state index contributed by atoms with van der Waals surface area (Å²) in [7, 11) is 0. The number of hydrogen-bond donors (Lipinski definition) is 1. The molecule has 0 radical (unpaired) electrons. The van der Waals surface area contributed by atoms with Crippen molar-refractivity contribution in [3.8, 4) is 11.4 Å². The Morgan fingerprint density at radius 2 is 1.80 bits per heavy atom. The highest BCUT2D eigenvalue weighted by atomic mass is 19.1. The lowest BCUT2D eigenvalue weighted by Crippen LogP contribution is -1.90. The van der Waals surface area contributed by atoms with Gasteiger partial charge in [-0.3, -0.25) is 4.98 Å². The summed E-state index contributed by atoms with van der Waals surface area (Å²) >= 11 is 0. The van der Waals surface area contributed by atoms with Crippen LogP contribution in [0.1, 0.15) is 0 Å². The van der Waals surface area contributed by atoms with Crippen molar-refractivity contribution in [2.45, 2.75) is 0 Å². The van der Waals surface area contributed by atoms with E-state index in [1.54, 1.807) is 24.5 Å². The van der Waals surface area contributed by atoms with Gasteiger partial charge < -0.3 is 4.98 Å². The first kappa shape index (κ1) is 11.0. The van der Waals surface area contributed by atoms with Crippen molar-refractivity contribution in [2.75, 3.05) is 0 Å². The zero-order chi connectivity index (χ0) is 13.5. The highest BCUT2D eigenvalue weighted by Crippen LogP contribution is 2.25. The molecule has 5 heteroatoms. The number of nitrogens with zero attached hydrogens (tertiary/aromatic N) is 3. The van der Waals surface area contributed by atoms with Crippen LogP contribution in [0.25, 0.3) is 33.3 Å². The Morgan fingerprint density at radius 1 is 0.900 bits per heavy atom. The van der Waals surface area contributed by atoms with Crippen LogP contribution in [-0.4, -0.2) is 19.9 Å². The number of rotatable bonds is 1. The minimum Gasteiger partial charge on any atom is -0.339 e. The molecular formula is C15H9FN4. The molecule has 0 fully saturated rings. The van der Waals surface area contributed by atoms with Crippen molar-refractivity contribution in [1.82, 2.24) is 19.9 Å². The van der Waals surface area contributed by atoms with Crippen molar-refractivity contribution < 1.29 is 4.39 Å². The number of aromatic nitrogens is 4. The molecule has 0 saturated carbocycles. The molecule has 0 saturated heterocycles. The summed E-state index contributed by atoms with van der Waals surface area (Å²) in [5.74, 6) is -0.509. The van der Waals surface area contributed by atoms with E-state index in [1.165, 1.54) is 6.07 Å². The lowest BCUT2D eigenvalue weighted by Gasteiger charge is -2.00. The number of pyridine rings is 3. The third-order valence-electron chi connectivity index (χ3n) is 3.24. The summed E-state index contributed by atoms with van der Waals surface area (Å²) in [5, 5.41) is 2.02. The number of halogens is 1. The highest BCUT2D eigenvalue weighted by molar-refractivity contribution is 6.05. The van der Waals surface area contributed by atoms with E-state index in [0.717, 1.165) is 21.9 Å². The van der Waals surface area contributed by atoms with E-state index in [1.807, 2.05) is 18.2 Å². The fourth-order valence-corrected chi connectivity index (χ4v) is 2.31. The summed E-state index contributed by atoms with van der Waals surface area (Å²) in [6.45, 7) is 0. The van der Waals surface area contributed by atoms with Gasteiger partial charge in [-0.15, -0.1) is 0 Å². The highest BCUT2D eigenvalue weighted by Gasteiger charge is 2.08. The summed E-state index contributed by atoms with van der Waals surface area (Å²) < 4.78 is 13.2. The van der Waals surface area contributed by atoms with Crippen LogP contribution in [0.4, 0.5) is 4.39 Å². The maximum atomic E-state index is 13.2. The first-order valence-electron chi connectivity index (χ1n) is 6.17. The number of fused-ring (bicyclic) bond motifs is 3. The van der Waals surface area contributed by atoms with Gasteiger partial charge in [0.2, 0.25) is 5.95 Å². The largest absolute Gasteiger partial charge is 0.339 e. The molecular weight excluding hydrogens is 255 g/mol. The van der Waals surface area contributed by atoms with Gasteiger partial charge in [0.25, 0.3) is 0 Å². The van der Waals surface area contributed by atoms with Crippen LogP contribution in [-0.2, 0) is 0 Å². The molecule has 0 spiro atoms. The number of nitrogens with one attached hydrogen (secondary N) is 1. The molecule has 4 aromatic heterocycles. The second kappa shape index (κ2) is 4.09. The van der Waals surface area contributed by atoms with Gasteiger partial charge in [0.15, 0.2) is 0 Å². The quantitative estimate of drug-likeness (QED) is 0.536. The molecule has 0 amide bonds. The molecule has 0 unspecified atom stereocenters. The molecule has 4 aromatic rings. The number of aromatic amines is 1. The molecule has 4 rings (SSSR count). The lowest BCUT2D eigenvalue weighted by atomic mass is 10.2. The van der Waals surface area contributed by atoms with E-state index < -0.39 is 5.95 Å². The van der Waals surface area contributed by atoms with E-state index in [2.05, 4.69) is 19.9 Å². The van der Waals surface area contributed by atoms with Gasteiger partial charge in [-0.2, -0.15) is 4.39 Å². The van der Waals surface area contributed by atoms with Crippen LogP contribution >= 0.6 is 0 Å². The van der Waals surface area contributed by atoms with Crippen LogP contribution in [0.2, 0.25) is 0 Å². The van der Waals surface area contributed by atoms with Crippen molar-refractivity contribution in [1.29, 1.82) is 0 Å². The van der Waals surface area contributed by atoms with E-state index >= 15 is 0 Å². The maximum absolute atomic E-state index is 13.2. The smallest absolute Gasteiger partial charge is 0.213 e. The zero-order valence-electron chi connectivity index (χ0n) is 10.3. The van der Waals surface area contributed by atoms with E-state index in [4.69, 9.17) is 0 Å². The Bertz CT molecular complexity index is 929. The van der Waals surface area contributed by atoms with E-state index in [9.17, 15) is 4.39 Å². The standard InChI is InChI=1S/C15H9FN4/c16-14-3-1-2-12(18-14)13-5-4-9-10-8-17-7-6-11(10)19-15(9)20-13/h1-8H,(H,19,20). The Kier molecular flexibility index (Phi) is 2.26. The van der Waals surface area contributed by atoms with Gasteiger partial charge in [-0.25, -0.2) is 9.97 Å². The molecule has 0 bridgehead atoms. The van der Waals surface area contributed by atoms with Gasteiger partial charge in [0, 0.05) is 23.2 Å². The number of hydrogen-bond acceptors (Lipinski definition) is 3. The summed E-state index contributed by atoms with van der Waals surface area (Å²) in [5.41, 5.74) is 2.88. The van der Waals surface area contributed by atoms with Crippen LogP contribution in [0.5, 0.6) is 0 Å². The monoisotopic (exact) mass is 264 g/mol. The lowest BCUT2D eigenvalue weighted by molar-refractivity contribution is 0.585. The van der Waals surface area contributed by atoms with Gasteiger partial charge in [0.1, 0.15) is 5.65 Å². The first-order chi connectivity index (χ1) is 9.81. The molecule has 0 aliphatic carbocycles. The molecule has 96 valence electrons. The van der Waals surface area contributed by atoms with Crippen LogP contribution in [0.15, 0.2) is 48.8 Å². The summed E-state index contributed by atoms with van der Waals surface area (Å²) in [4.78, 5) is 15.7. The van der Waals surface area contributed by atoms with Gasteiger partial charge in [-0.05, 0) is 30.3 Å². The Hall–Kier alpha value is -2.82. The van der Waals surface area contributed by atoms with E-state index in [0.29, 0.717) is 11.4 Å². The van der Waals surface area contributed by atoms with Crippen LogP contribution in [0, 0.1) is 5.95 Å². The normalized spacial score (nSPS) is 11.2. The number of H-pyrrole nitrogens is 1. The molecule has 1 N–H and O–H groups in total. The average molecular weight is 264 g/mol. The topological polar surface area (TPSA) is 54.5 Å². The van der Waals surface area contributed by atoms with Crippen LogP contribution in [0.3, 0.4) is 0 Å². The SMILES string of the molecule is Fc1cccc(-c2ccc3c(n2)[nH]c2ccncc23)n1. The first-order valence-corrected chi connectivity index (χ1v) is 6.17. The van der Waals surface area contributed by atoms with Crippen molar-refractivity contribution in [3.63, 3.8) is 0 Å². The molecule has 20 heavy (non-hydrogen) atoms. The van der Waals surface area contributed by atoms with Crippen molar-refractivity contribution in [2.24, 2.45) is 0 Å². The van der Waals surface area contributed by atoms with Crippen molar-refractivity contribution >= 4 is 21.9 Å². The van der Waals surface area contributed by atoms with Crippen LogP contribution < -0.4 is 0 Å². The minimum absolute atomic E-state index is 0.509. The van der Waals surface area contributed by atoms with Gasteiger partial charge in [0.05, 0.1) is 16.9 Å². The third kappa shape index (κ3) is 1.64. The third-order valence-corrected chi connectivity index (χ3v) is 3.24. The average Bonchev–Trinajstić information content (AvgIpc) is 2.85. The Morgan fingerprint density at radius 3 is 2.70 bits per heavy atom. The second-order valence-electron chi connectivity index (χ2n) is 4.48. The van der Waals surface area contributed by atoms with E-state index in [-0.39, 0.29) is 0 Å². The molecule has 4 heterocycles. The predicted octanol–water partition coefficient (Wildman–Crippen LogP) is 3.31. The maximum Gasteiger partial charge on any atom is 0.213 e. The molecule has 0 aliphatic heterocycles. The van der Waals surface area contributed by atoms with Gasteiger partial charge >= 0.3 is 0 Å². The molecule has 0 atom stereocenters. The zero-order valence-corrected chi connectivity index (χ0v) is 10.3. The second-order valence-corrected chi connectivity index (χ2v) is 4.48. The molecule has 0 aliphatic rings. The fraction of sp³-hybridized carbons (Fsp3) is 0. The summed E-state index contributed by atoms with van der Waals surface area (Å²) in [6.07, 6.45) is 3.53. The molecule has 4 nitrogen and oxygen atoms in total. The predicted molar refractivity (Wildman–Crippen MR) is 74.6 cm³/mol. The van der Waals surface area contributed by atoms with Gasteiger partial charge in [-0.1, -0.05) is 6.07 Å². The summed E-state index contributed by atoms with van der Waals surface area (Å²) in [6, 6.07) is 10.4. The fourth-order valence-electron chi connectivity index (χ4n) is 2.31. The minimum atomic E-state index is -0.509. The Balaban J connectivity index is 1.97.